The molecule has 1 aliphatic rings. The molecule has 0 radical (unpaired) electrons. The third kappa shape index (κ3) is 1.53. The molecule has 1 rings (SSSR count). The van der Waals surface area contributed by atoms with E-state index in [1.807, 2.05) is 6.92 Å². The van der Waals surface area contributed by atoms with Gasteiger partial charge in [-0.1, -0.05) is 11.6 Å². The maximum Gasteiger partial charge on any atom is 0.0982 e. The van der Waals surface area contributed by atoms with Crippen LogP contribution in [0.3, 0.4) is 0 Å². The molecule has 1 aliphatic carbocycles. The molecule has 0 aromatic heterocycles. The Morgan fingerprint density at radius 1 is 1.56 bits per heavy atom. The summed E-state index contributed by atoms with van der Waals surface area (Å²) in [6, 6.07) is 0. The number of aliphatic hydroxyl groups excluding tert-OH is 2. The first-order valence-corrected chi connectivity index (χ1v) is 3.23. The van der Waals surface area contributed by atoms with Crippen LogP contribution in [0.25, 0.3) is 0 Å². The van der Waals surface area contributed by atoms with Gasteiger partial charge in [0.1, 0.15) is 0 Å². The van der Waals surface area contributed by atoms with Gasteiger partial charge in [0.05, 0.1) is 12.2 Å². The molecule has 0 spiro atoms. The van der Waals surface area contributed by atoms with Crippen LogP contribution in [0.5, 0.6) is 0 Å². The number of aliphatic hydroxyl groups is 2. The van der Waals surface area contributed by atoms with Crippen molar-refractivity contribution in [2.75, 3.05) is 0 Å². The Kier molecular flexibility index (Phi) is 1.88. The highest BCUT2D eigenvalue weighted by atomic mass is 16.3. The largest absolute Gasteiger partial charge is 0.390 e. The summed E-state index contributed by atoms with van der Waals surface area (Å²) in [6.07, 6.45) is 2.17. The van der Waals surface area contributed by atoms with Gasteiger partial charge in [0.15, 0.2) is 0 Å². The Bertz CT molecular complexity index is 129. The van der Waals surface area contributed by atoms with E-state index in [-0.39, 0.29) is 0 Å². The van der Waals surface area contributed by atoms with Gasteiger partial charge >= 0.3 is 0 Å². The van der Waals surface area contributed by atoms with E-state index in [1.54, 1.807) is 6.08 Å². The Morgan fingerprint density at radius 2 is 2.22 bits per heavy atom. The van der Waals surface area contributed by atoms with Crippen LogP contribution < -0.4 is 0 Å². The quantitative estimate of drug-likeness (QED) is 0.465. The van der Waals surface area contributed by atoms with Crippen LogP contribution in [0.15, 0.2) is 11.6 Å². The zero-order valence-corrected chi connectivity index (χ0v) is 5.54. The van der Waals surface area contributed by atoms with E-state index < -0.39 is 12.2 Å². The topological polar surface area (TPSA) is 40.5 Å². The van der Waals surface area contributed by atoms with Crippen LogP contribution in [-0.2, 0) is 0 Å². The van der Waals surface area contributed by atoms with Crippen LogP contribution in [0, 0.1) is 0 Å². The summed E-state index contributed by atoms with van der Waals surface area (Å²) in [5.74, 6) is 0. The average molecular weight is 128 g/mol. The SMILES string of the molecule is CC1=C[C@H](O)[C@@H](O)CC1. The van der Waals surface area contributed by atoms with Crippen molar-refractivity contribution < 1.29 is 10.2 Å². The molecule has 0 saturated heterocycles. The van der Waals surface area contributed by atoms with E-state index in [1.165, 1.54) is 5.57 Å². The van der Waals surface area contributed by atoms with E-state index >= 15 is 0 Å². The van der Waals surface area contributed by atoms with Crippen LogP contribution >= 0.6 is 0 Å². The zero-order chi connectivity index (χ0) is 6.85. The minimum Gasteiger partial charge on any atom is -0.390 e. The molecular weight excluding hydrogens is 116 g/mol. The maximum atomic E-state index is 9.02. The van der Waals surface area contributed by atoms with Crippen LogP contribution in [-0.4, -0.2) is 22.4 Å². The first-order valence-electron chi connectivity index (χ1n) is 3.23. The van der Waals surface area contributed by atoms with Crippen LogP contribution in [0.2, 0.25) is 0 Å². The fourth-order valence-corrected chi connectivity index (χ4v) is 1.03. The van der Waals surface area contributed by atoms with Crippen molar-refractivity contribution in [1.29, 1.82) is 0 Å². The van der Waals surface area contributed by atoms with E-state index in [4.69, 9.17) is 10.2 Å². The minimum atomic E-state index is -0.626. The fourth-order valence-electron chi connectivity index (χ4n) is 1.03. The molecule has 0 fully saturated rings. The molecule has 0 aliphatic heterocycles. The molecule has 0 aromatic carbocycles. The molecule has 2 heteroatoms. The van der Waals surface area contributed by atoms with Crippen molar-refractivity contribution in [2.24, 2.45) is 0 Å². The molecule has 0 heterocycles. The second-order valence-electron chi connectivity index (χ2n) is 2.61. The Balaban J connectivity index is 2.58. The average Bonchev–Trinajstić information content (AvgIpc) is 1.80. The summed E-state index contributed by atoms with van der Waals surface area (Å²) in [5.41, 5.74) is 1.17. The monoisotopic (exact) mass is 128 g/mol. The van der Waals surface area contributed by atoms with Crippen LogP contribution in [0.4, 0.5) is 0 Å². The van der Waals surface area contributed by atoms with Gasteiger partial charge in [-0.05, 0) is 19.8 Å². The molecular formula is C7H12O2. The van der Waals surface area contributed by atoms with Gasteiger partial charge in [0, 0.05) is 0 Å². The van der Waals surface area contributed by atoms with Crippen molar-refractivity contribution >= 4 is 0 Å². The van der Waals surface area contributed by atoms with Gasteiger partial charge in [0.25, 0.3) is 0 Å². The summed E-state index contributed by atoms with van der Waals surface area (Å²) in [7, 11) is 0. The third-order valence-corrected chi connectivity index (χ3v) is 1.68. The van der Waals surface area contributed by atoms with Crippen molar-refractivity contribution in [3.05, 3.63) is 11.6 Å². The predicted octanol–water partition coefficient (Wildman–Crippen LogP) is 0.448. The van der Waals surface area contributed by atoms with Crippen molar-refractivity contribution in [3.8, 4) is 0 Å². The van der Waals surface area contributed by atoms with Gasteiger partial charge in [-0.3, -0.25) is 0 Å². The molecule has 0 bridgehead atoms. The third-order valence-electron chi connectivity index (χ3n) is 1.68. The summed E-state index contributed by atoms with van der Waals surface area (Å²) >= 11 is 0. The van der Waals surface area contributed by atoms with Gasteiger partial charge in [0.2, 0.25) is 0 Å². The number of hydrogen-bond acceptors (Lipinski definition) is 2. The maximum absolute atomic E-state index is 9.02. The van der Waals surface area contributed by atoms with E-state index in [0.717, 1.165) is 6.42 Å². The van der Waals surface area contributed by atoms with Crippen molar-refractivity contribution in [1.82, 2.24) is 0 Å². The number of rotatable bonds is 0. The molecule has 2 N–H and O–H groups in total. The Hall–Kier alpha value is -0.340. The summed E-state index contributed by atoms with van der Waals surface area (Å²) in [5, 5.41) is 18.0. The molecule has 2 nitrogen and oxygen atoms in total. The molecule has 0 amide bonds. The molecule has 2 atom stereocenters. The zero-order valence-electron chi connectivity index (χ0n) is 5.54. The summed E-state index contributed by atoms with van der Waals surface area (Å²) in [4.78, 5) is 0. The smallest absolute Gasteiger partial charge is 0.0982 e. The Labute approximate surface area is 54.8 Å². The lowest BCUT2D eigenvalue weighted by Gasteiger charge is -2.20. The van der Waals surface area contributed by atoms with Crippen molar-refractivity contribution in [3.63, 3.8) is 0 Å². The first-order chi connectivity index (χ1) is 4.20. The second-order valence-corrected chi connectivity index (χ2v) is 2.61. The van der Waals surface area contributed by atoms with E-state index in [2.05, 4.69) is 0 Å². The number of hydrogen-bond donors (Lipinski definition) is 2. The molecule has 0 saturated carbocycles. The minimum absolute atomic E-state index is 0.534. The lowest BCUT2D eigenvalue weighted by atomic mass is 9.96. The van der Waals surface area contributed by atoms with Gasteiger partial charge < -0.3 is 10.2 Å². The predicted molar refractivity (Wildman–Crippen MR) is 35.0 cm³/mol. The van der Waals surface area contributed by atoms with Gasteiger partial charge in [-0.15, -0.1) is 0 Å². The molecule has 52 valence electrons. The highest BCUT2D eigenvalue weighted by molar-refractivity contribution is 5.08. The lowest BCUT2D eigenvalue weighted by molar-refractivity contribution is 0.0373. The van der Waals surface area contributed by atoms with Gasteiger partial charge in [-0.2, -0.15) is 0 Å². The Morgan fingerprint density at radius 3 is 2.67 bits per heavy atom. The molecule has 9 heavy (non-hydrogen) atoms. The van der Waals surface area contributed by atoms with Gasteiger partial charge in [-0.25, -0.2) is 0 Å². The normalized spacial score (nSPS) is 36.1. The van der Waals surface area contributed by atoms with Crippen molar-refractivity contribution in [2.45, 2.75) is 32.0 Å². The van der Waals surface area contributed by atoms with E-state index in [0.29, 0.717) is 6.42 Å². The standard InChI is InChI=1S/C7H12O2/c1-5-2-3-6(8)7(9)4-5/h4,6-9H,2-3H2,1H3/t6-,7-/m0/s1. The van der Waals surface area contributed by atoms with E-state index in [9.17, 15) is 0 Å². The number of allylic oxidation sites excluding steroid dienone is 1. The molecule has 0 aromatic rings. The fraction of sp³-hybridized carbons (Fsp3) is 0.714. The second kappa shape index (κ2) is 2.50. The summed E-state index contributed by atoms with van der Waals surface area (Å²) in [6.45, 7) is 1.97. The first kappa shape index (κ1) is 6.78. The molecule has 0 unspecified atom stereocenters. The lowest BCUT2D eigenvalue weighted by Crippen LogP contribution is -2.26. The van der Waals surface area contributed by atoms with Crippen LogP contribution in [0.1, 0.15) is 19.8 Å². The highest BCUT2D eigenvalue weighted by Crippen LogP contribution is 2.17. The summed E-state index contributed by atoms with van der Waals surface area (Å²) < 4.78 is 0. The highest BCUT2D eigenvalue weighted by Gasteiger charge is 2.17.